The lowest BCUT2D eigenvalue weighted by Crippen LogP contribution is -2.42. The van der Waals surface area contributed by atoms with Gasteiger partial charge in [0.1, 0.15) is 6.33 Å². The number of hydrogen-bond donors (Lipinski definition) is 1. The van der Waals surface area contributed by atoms with Gasteiger partial charge in [0.15, 0.2) is 6.61 Å². The van der Waals surface area contributed by atoms with Gasteiger partial charge in [-0.25, -0.2) is 9.97 Å². The lowest BCUT2D eigenvalue weighted by Gasteiger charge is -2.28. The molecule has 2 bridgehead atoms. The maximum atomic E-state index is 12.3. The molecule has 0 unspecified atom stereocenters. The summed E-state index contributed by atoms with van der Waals surface area (Å²) in [7, 11) is 0. The van der Waals surface area contributed by atoms with Crippen molar-refractivity contribution in [3.63, 3.8) is 0 Å². The topological polar surface area (TPSA) is 64.1 Å². The number of nitrogens with one attached hydrogen (secondary N) is 1. The van der Waals surface area contributed by atoms with Crippen LogP contribution in [0.3, 0.4) is 0 Å². The number of ether oxygens (including phenoxy) is 1. The molecule has 26 heavy (non-hydrogen) atoms. The minimum Gasteiger partial charge on any atom is -0.467 e. The van der Waals surface area contributed by atoms with Gasteiger partial charge in [-0.2, -0.15) is 0 Å². The van der Waals surface area contributed by atoms with Crippen molar-refractivity contribution >= 4 is 40.0 Å². The molecule has 2 fully saturated rings. The fourth-order valence-electron chi connectivity index (χ4n) is 4.63. The highest BCUT2D eigenvalue weighted by molar-refractivity contribution is 6.38. The Labute approximate surface area is 162 Å². The van der Waals surface area contributed by atoms with Crippen LogP contribution < -0.4 is 10.1 Å². The van der Waals surface area contributed by atoms with E-state index in [1.54, 1.807) is 12.1 Å². The molecule has 1 aromatic carbocycles. The number of hydrogen-bond acceptors (Lipinski definition) is 4. The molecule has 2 aromatic rings. The summed E-state index contributed by atoms with van der Waals surface area (Å²) in [6, 6.07) is 3.48. The van der Waals surface area contributed by atoms with Crippen LogP contribution in [0.1, 0.15) is 32.6 Å². The van der Waals surface area contributed by atoms with Gasteiger partial charge in [-0.3, -0.25) is 4.79 Å². The first kappa shape index (κ1) is 17.8. The maximum absolute atomic E-state index is 12.3. The third kappa shape index (κ3) is 3.47. The highest BCUT2D eigenvalue weighted by Gasteiger charge is 2.42. The van der Waals surface area contributed by atoms with E-state index in [-0.39, 0.29) is 18.6 Å². The zero-order valence-electron chi connectivity index (χ0n) is 14.5. The first-order valence-corrected chi connectivity index (χ1v) is 9.78. The Bertz CT molecular complexity index is 845. The van der Waals surface area contributed by atoms with E-state index in [4.69, 9.17) is 27.9 Å². The monoisotopic (exact) mass is 393 g/mol. The van der Waals surface area contributed by atoms with E-state index in [9.17, 15) is 4.79 Å². The SMILES string of the molecule is C[C@@H](NC(=O)COc1ncnc2c(Cl)cc(Cl)cc12)[C@H]1C[C@@H]2CC[C@@H]1C2. The standard InChI is InChI=1S/C19H21Cl2N3O2/c1-10(14-5-11-2-3-12(14)4-11)24-17(25)8-26-19-15-6-13(20)7-16(21)18(15)22-9-23-19/h6-7,9-12,14H,2-5,8H2,1H3,(H,24,25)/t10-,11-,12-,14-/m1/s1. The molecule has 138 valence electrons. The predicted octanol–water partition coefficient (Wildman–Crippen LogP) is 4.26. The Hall–Kier alpha value is -1.59. The normalized spacial score (nSPS) is 25.4. The summed E-state index contributed by atoms with van der Waals surface area (Å²) < 4.78 is 5.64. The minimum atomic E-state index is -0.139. The fourth-order valence-corrected chi connectivity index (χ4v) is 5.17. The van der Waals surface area contributed by atoms with Gasteiger partial charge in [0.25, 0.3) is 5.91 Å². The quantitative estimate of drug-likeness (QED) is 0.823. The number of benzene rings is 1. The number of amides is 1. The molecule has 1 aromatic heterocycles. The minimum absolute atomic E-state index is 0.0958. The first-order valence-electron chi connectivity index (χ1n) is 9.03. The van der Waals surface area contributed by atoms with Gasteiger partial charge in [-0.05, 0) is 56.1 Å². The summed E-state index contributed by atoms with van der Waals surface area (Å²) >= 11 is 12.2. The van der Waals surface area contributed by atoms with Gasteiger partial charge < -0.3 is 10.1 Å². The van der Waals surface area contributed by atoms with Crippen LogP contribution in [0.15, 0.2) is 18.5 Å². The van der Waals surface area contributed by atoms with Crippen molar-refractivity contribution in [1.29, 1.82) is 0 Å². The molecule has 1 amide bonds. The smallest absolute Gasteiger partial charge is 0.258 e. The summed E-state index contributed by atoms with van der Waals surface area (Å²) in [5.41, 5.74) is 0.553. The van der Waals surface area contributed by atoms with Gasteiger partial charge in [-0.1, -0.05) is 29.6 Å². The number of aromatic nitrogens is 2. The van der Waals surface area contributed by atoms with E-state index in [2.05, 4.69) is 22.2 Å². The number of rotatable bonds is 5. The molecule has 0 aliphatic heterocycles. The van der Waals surface area contributed by atoms with Crippen LogP contribution in [0.5, 0.6) is 5.88 Å². The number of nitrogens with zero attached hydrogens (tertiary/aromatic N) is 2. The van der Waals surface area contributed by atoms with Crippen LogP contribution in [-0.2, 0) is 4.79 Å². The van der Waals surface area contributed by atoms with E-state index in [1.165, 1.54) is 32.0 Å². The Morgan fingerprint density at radius 3 is 2.88 bits per heavy atom. The summed E-state index contributed by atoms with van der Waals surface area (Å²) in [5.74, 6) is 2.39. The first-order chi connectivity index (χ1) is 12.5. The van der Waals surface area contributed by atoms with Crippen LogP contribution in [0.25, 0.3) is 10.9 Å². The average molecular weight is 394 g/mol. The fraction of sp³-hybridized carbons (Fsp3) is 0.526. The molecule has 0 radical (unpaired) electrons. The van der Waals surface area contributed by atoms with Crippen molar-refractivity contribution in [3.8, 4) is 5.88 Å². The van der Waals surface area contributed by atoms with Gasteiger partial charge in [0, 0.05) is 11.1 Å². The summed E-state index contributed by atoms with van der Waals surface area (Å²) in [5, 5.41) is 4.58. The zero-order valence-corrected chi connectivity index (χ0v) is 16.1. The third-order valence-corrected chi connectivity index (χ3v) is 6.29. The number of carbonyl (C=O) groups excluding carboxylic acids is 1. The second-order valence-corrected chi connectivity index (χ2v) is 8.29. The lowest BCUT2D eigenvalue weighted by molar-refractivity contribution is -0.124. The third-order valence-electron chi connectivity index (χ3n) is 5.78. The van der Waals surface area contributed by atoms with E-state index in [1.807, 2.05) is 0 Å². The summed E-state index contributed by atoms with van der Waals surface area (Å²) in [6.45, 7) is 2.00. The molecule has 2 saturated carbocycles. The molecule has 2 aliphatic carbocycles. The van der Waals surface area contributed by atoms with Crippen LogP contribution in [0.4, 0.5) is 0 Å². The Morgan fingerprint density at radius 2 is 2.15 bits per heavy atom. The number of carbonyl (C=O) groups is 1. The van der Waals surface area contributed by atoms with Crippen molar-refractivity contribution in [2.45, 2.75) is 38.6 Å². The molecular formula is C19H21Cl2N3O2. The molecule has 1 N–H and O–H groups in total. The van der Waals surface area contributed by atoms with Gasteiger partial charge in [0.05, 0.1) is 15.9 Å². The summed E-state index contributed by atoms with van der Waals surface area (Å²) in [4.78, 5) is 20.6. The molecular weight excluding hydrogens is 373 g/mol. The molecule has 4 atom stereocenters. The van der Waals surface area contributed by atoms with Gasteiger partial charge in [-0.15, -0.1) is 0 Å². The van der Waals surface area contributed by atoms with E-state index in [0.29, 0.717) is 32.7 Å². The number of fused-ring (bicyclic) bond motifs is 3. The predicted molar refractivity (Wildman–Crippen MR) is 102 cm³/mol. The van der Waals surface area contributed by atoms with Crippen LogP contribution >= 0.6 is 23.2 Å². The Balaban J connectivity index is 1.39. The number of halogens is 2. The molecule has 4 rings (SSSR count). The van der Waals surface area contributed by atoms with E-state index in [0.717, 1.165) is 11.8 Å². The van der Waals surface area contributed by atoms with Crippen LogP contribution in [0, 0.1) is 17.8 Å². The van der Waals surface area contributed by atoms with E-state index >= 15 is 0 Å². The van der Waals surface area contributed by atoms with Crippen molar-refractivity contribution in [1.82, 2.24) is 15.3 Å². The Morgan fingerprint density at radius 1 is 1.31 bits per heavy atom. The molecule has 2 aliphatic rings. The summed E-state index contributed by atoms with van der Waals surface area (Å²) in [6.07, 6.45) is 6.60. The molecule has 7 heteroatoms. The van der Waals surface area contributed by atoms with Crippen molar-refractivity contribution in [2.24, 2.45) is 17.8 Å². The molecule has 1 heterocycles. The lowest BCUT2D eigenvalue weighted by atomic mass is 9.84. The maximum Gasteiger partial charge on any atom is 0.258 e. The van der Waals surface area contributed by atoms with Crippen molar-refractivity contribution in [3.05, 3.63) is 28.5 Å². The average Bonchev–Trinajstić information content (AvgIpc) is 3.23. The van der Waals surface area contributed by atoms with Gasteiger partial charge >= 0.3 is 0 Å². The van der Waals surface area contributed by atoms with E-state index < -0.39 is 0 Å². The second-order valence-electron chi connectivity index (χ2n) is 7.45. The van der Waals surface area contributed by atoms with Crippen molar-refractivity contribution < 1.29 is 9.53 Å². The van der Waals surface area contributed by atoms with Crippen LogP contribution in [0.2, 0.25) is 10.0 Å². The highest BCUT2D eigenvalue weighted by Crippen LogP contribution is 2.49. The van der Waals surface area contributed by atoms with Gasteiger partial charge in [0.2, 0.25) is 5.88 Å². The molecule has 5 nitrogen and oxygen atoms in total. The highest BCUT2D eigenvalue weighted by atomic mass is 35.5. The second kappa shape index (κ2) is 7.20. The zero-order chi connectivity index (χ0) is 18.3. The largest absolute Gasteiger partial charge is 0.467 e. The van der Waals surface area contributed by atoms with Crippen LogP contribution in [-0.4, -0.2) is 28.5 Å². The Kier molecular flexibility index (Phi) is 4.93. The molecule has 0 spiro atoms. The molecule has 0 saturated heterocycles. The van der Waals surface area contributed by atoms with Crippen molar-refractivity contribution in [2.75, 3.05) is 6.61 Å².